The molecule has 24 heavy (non-hydrogen) atoms. The summed E-state index contributed by atoms with van der Waals surface area (Å²) in [5.41, 5.74) is -1.31. The first-order chi connectivity index (χ1) is 11.2. The summed E-state index contributed by atoms with van der Waals surface area (Å²) in [6, 6.07) is 5.59. The highest BCUT2D eigenvalue weighted by atomic mass is 35.5. The van der Waals surface area contributed by atoms with Crippen molar-refractivity contribution in [2.45, 2.75) is 13.3 Å². The number of rotatable bonds is 5. The van der Waals surface area contributed by atoms with Crippen LogP contribution in [-0.2, 0) is 0 Å². The summed E-state index contributed by atoms with van der Waals surface area (Å²) in [6.45, 7) is 1.36. The van der Waals surface area contributed by atoms with Gasteiger partial charge in [-0.3, -0.25) is 10.1 Å². The van der Waals surface area contributed by atoms with Gasteiger partial charge in [-0.2, -0.15) is 0 Å². The molecule has 0 saturated heterocycles. The molecule has 0 spiro atoms. The lowest BCUT2D eigenvalue weighted by Gasteiger charge is -2.11. The molecule has 6 nitrogen and oxygen atoms in total. The maximum Gasteiger partial charge on any atom is 0.342 e. The average molecular weight is 358 g/mol. The number of benzene rings is 2. The molecular weight excluding hydrogens is 348 g/mol. The van der Waals surface area contributed by atoms with Crippen LogP contribution in [0.4, 0.5) is 14.5 Å². The number of nitro groups is 1. The summed E-state index contributed by atoms with van der Waals surface area (Å²) in [6.07, 6.45) is -2.70. The van der Waals surface area contributed by atoms with Crippen molar-refractivity contribution < 1.29 is 28.3 Å². The van der Waals surface area contributed by atoms with Crippen LogP contribution in [0.15, 0.2) is 30.3 Å². The topological polar surface area (TPSA) is 89.7 Å². The van der Waals surface area contributed by atoms with E-state index in [1.54, 1.807) is 0 Å². The van der Waals surface area contributed by atoms with Gasteiger partial charge in [0.2, 0.25) is 0 Å². The van der Waals surface area contributed by atoms with Crippen LogP contribution in [-0.4, -0.2) is 16.0 Å². The molecule has 0 aliphatic rings. The molecule has 0 aliphatic heterocycles. The molecule has 0 saturated carbocycles. The van der Waals surface area contributed by atoms with Gasteiger partial charge in [-0.05, 0) is 31.2 Å². The number of nitrogens with zero attached hydrogens (tertiary/aromatic N) is 1. The van der Waals surface area contributed by atoms with Crippen LogP contribution in [0.25, 0.3) is 0 Å². The lowest BCUT2D eigenvalue weighted by atomic mass is 10.1. The van der Waals surface area contributed by atoms with E-state index >= 15 is 0 Å². The van der Waals surface area contributed by atoms with Crippen LogP contribution in [0, 0.1) is 17.0 Å². The van der Waals surface area contributed by atoms with Gasteiger partial charge in [-0.1, -0.05) is 11.6 Å². The number of halogens is 3. The Kier molecular flexibility index (Phi) is 4.99. The third-order valence-corrected chi connectivity index (χ3v) is 3.42. The van der Waals surface area contributed by atoms with Crippen molar-refractivity contribution in [2.75, 3.05) is 0 Å². The Morgan fingerprint density at radius 2 is 2.00 bits per heavy atom. The highest BCUT2D eigenvalue weighted by Crippen LogP contribution is 2.35. The van der Waals surface area contributed by atoms with Gasteiger partial charge >= 0.3 is 5.97 Å². The smallest absolute Gasteiger partial charge is 0.342 e. The minimum atomic E-state index is -2.70. The maximum atomic E-state index is 12.6. The molecule has 2 rings (SSSR count). The molecule has 0 heterocycles. The van der Waals surface area contributed by atoms with Crippen molar-refractivity contribution in [3.05, 3.63) is 62.2 Å². The second-order valence-electron chi connectivity index (χ2n) is 4.79. The average Bonchev–Trinajstić information content (AvgIpc) is 2.47. The van der Waals surface area contributed by atoms with E-state index in [-0.39, 0.29) is 27.6 Å². The molecule has 0 bridgehead atoms. The van der Waals surface area contributed by atoms with E-state index in [1.807, 2.05) is 0 Å². The van der Waals surface area contributed by atoms with Crippen molar-refractivity contribution >= 4 is 23.3 Å². The number of carbonyl (C=O) groups is 1. The minimum absolute atomic E-state index is 0.0119. The summed E-state index contributed by atoms with van der Waals surface area (Å²) in [5, 5.41) is 20.0. The summed E-state index contributed by atoms with van der Waals surface area (Å²) < 4.78 is 30.6. The maximum absolute atomic E-state index is 12.6. The largest absolute Gasteiger partial charge is 0.477 e. The molecule has 0 amide bonds. The number of hydrogen-bond acceptors (Lipinski definition) is 4. The van der Waals surface area contributed by atoms with Gasteiger partial charge in [-0.15, -0.1) is 0 Å². The highest BCUT2D eigenvalue weighted by molar-refractivity contribution is 6.32. The molecule has 1 N–H and O–H groups in total. The molecule has 0 fully saturated rings. The van der Waals surface area contributed by atoms with Gasteiger partial charge in [-0.25, -0.2) is 13.6 Å². The second kappa shape index (κ2) is 6.79. The molecule has 0 radical (unpaired) electrons. The zero-order valence-corrected chi connectivity index (χ0v) is 12.9. The predicted octanol–water partition coefficient (Wildman–Crippen LogP) is 4.98. The number of nitro benzene ring substituents is 1. The molecule has 2 aromatic carbocycles. The number of hydrogen-bond donors (Lipinski definition) is 1. The van der Waals surface area contributed by atoms with E-state index < -0.39 is 28.6 Å². The Morgan fingerprint density at radius 1 is 1.33 bits per heavy atom. The van der Waals surface area contributed by atoms with Crippen LogP contribution in [0.2, 0.25) is 5.02 Å². The molecule has 0 aromatic heterocycles. The first-order valence-corrected chi connectivity index (χ1v) is 6.86. The number of aryl methyl sites for hydroxylation is 1. The van der Waals surface area contributed by atoms with Gasteiger partial charge in [0.25, 0.3) is 12.1 Å². The summed E-state index contributed by atoms with van der Waals surface area (Å²) in [4.78, 5) is 21.4. The van der Waals surface area contributed by atoms with Gasteiger partial charge in [0.15, 0.2) is 0 Å². The summed E-state index contributed by atoms with van der Waals surface area (Å²) in [7, 11) is 0. The van der Waals surface area contributed by atoms with E-state index in [0.29, 0.717) is 0 Å². The van der Waals surface area contributed by atoms with E-state index in [4.69, 9.17) is 21.4 Å². The molecule has 2 aromatic rings. The van der Waals surface area contributed by atoms with Crippen LogP contribution in [0.5, 0.6) is 11.5 Å². The number of alkyl halides is 2. The van der Waals surface area contributed by atoms with E-state index in [9.17, 15) is 23.7 Å². The fourth-order valence-corrected chi connectivity index (χ4v) is 2.30. The Labute approximate surface area is 139 Å². The Morgan fingerprint density at radius 3 is 2.50 bits per heavy atom. The Balaban J connectivity index is 2.44. The van der Waals surface area contributed by atoms with Gasteiger partial charge in [0.1, 0.15) is 17.1 Å². The number of aromatic carboxylic acids is 1. The normalized spacial score (nSPS) is 10.7. The summed E-state index contributed by atoms with van der Waals surface area (Å²) >= 11 is 5.86. The fraction of sp³-hybridized carbons (Fsp3) is 0.133. The highest BCUT2D eigenvalue weighted by Gasteiger charge is 2.24. The van der Waals surface area contributed by atoms with Crippen molar-refractivity contribution in [2.24, 2.45) is 0 Å². The lowest BCUT2D eigenvalue weighted by Crippen LogP contribution is -2.05. The van der Waals surface area contributed by atoms with Gasteiger partial charge in [0.05, 0.1) is 9.95 Å². The molecule has 0 aliphatic carbocycles. The predicted molar refractivity (Wildman–Crippen MR) is 81.3 cm³/mol. The van der Waals surface area contributed by atoms with Gasteiger partial charge in [0, 0.05) is 17.2 Å². The van der Waals surface area contributed by atoms with Crippen LogP contribution >= 0.6 is 11.6 Å². The van der Waals surface area contributed by atoms with Gasteiger partial charge < -0.3 is 9.84 Å². The van der Waals surface area contributed by atoms with Crippen molar-refractivity contribution in [3.63, 3.8) is 0 Å². The zero-order valence-electron chi connectivity index (χ0n) is 12.1. The third kappa shape index (κ3) is 3.60. The van der Waals surface area contributed by atoms with E-state index in [1.165, 1.54) is 19.1 Å². The van der Waals surface area contributed by atoms with Crippen LogP contribution in [0.3, 0.4) is 0 Å². The molecule has 0 unspecified atom stereocenters. The quantitative estimate of drug-likeness (QED) is 0.601. The first kappa shape index (κ1) is 17.6. The van der Waals surface area contributed by atoms with Crippen molar-refractivity contribution in [1.29, 1.82) is 0 Å². The van der Waals surface area contributed by atoms with Crippen molar-refractivity contribution in [1.82, 2.24) is 0 Å². The molecule has 0 atom stereocenters. The van der Waals surface area contributed by atoms with Crippen LogP contribution < -0.4 is 4.74 Å². The SMILES string of the molecule is Cc1cc(Oc2ccc(C(F)F)cc2Cl)cc(C(=O)O)c1[N+](=O)[O-]. The Hall–Kier alpha value is -2.74. The second-order valence-corrected chi connectivity index (χ2v) is 5.20. The van der Waals surface area contributed by atoms with E-state index in [0.717, 1.165) is 18.2 Å². The van der Waals surface area contributed by atoms with Crippen molar-refractivity contribution in [3.8, 4) is 11.5 Å². The molecular formula is C15H10ClF2NO5. The third-order valence-electron chi connectivity index (χ3n) is 3.12. The lowest BCUT2D eigenvalue weighted by molar-refractivity contribution is -0.385. The summed E-state index contributed by atoms with van der Waals surface area (Å²) in [5.74, 6) is -1.48. The number of carboxylic acids is 1. The number of carboxylic acid groups (broad SMARTS) is 1. The zero-order chi connectivity index (χ0) is 18.0. The first-order valence-electron chi connectivity index (χ1n) is 6.48. The minimum Gasteiger partial charge on any atom is -0.477 e. The molecule has 126 valence electrons. The number of ether oxygens (including phenoxy) is 1. The monoisotopic (exact) mass is 357 g/mol. The molecule has 9 heteroatoms. The van der Waals surface area contributed by atoms with Crippen LogP contribution in [0.1, 0.15) is 27.9 Å². The standard InChI is InChI=1S/C15H10ClF2NO5/c1-7-4-9(6-10(15(20)21)13(7)19(22)23)24-12-3-2-8(14(17)18)5-11(12)16/h2-6,14H,1H3,(H,20,21). The van der Waals surface area contributed by atoms with E-state index in [2.05, 4.69) is 0 Å². The Bertz CT molecular complexity index is 826. The fourth-order valence-electron chi connectivity index (χ4n) is 2.07.